The van der Waals surface area contributed by atoms with Crippen LogP contribution in [0.15, 0.2) is 41.4 Å². The molecule has 0 aliphatic carbocycles. The van der Waals surface area contributed by atoms with Gasteiger partial charge in [-0.1, -0.05) is 37.3 Å². The fraction of sp³-hybridized carbons (Fsp3) is 0.269. The second-order valence-electron chi connectivity index (χ2n) is 10.4. The molecule has 0 spiro atoms. The van der Waals surface area contributed by atoms with E-state index >= 15 is 13.2 Å². The molecular formula is C26H26ClF3N4O6SSi. The Morgan fingerprint density at radius 3 is 2.50 bits per heavy atom. The van der Waals surface area contributed by atoms with Crippen LogP contribution in [0, 0.1) is 17.5 Å². The summed E-state index contributed by atoms with van der Waals surface area (Å²) in [6, 6.07) is 5.55. The first-order valence-electron chi connectivity index (χ1n) is 12.4. The van der Waals surface area contributed by atoms with Crippen LogP contribution in [0.3, 0.4) is 0 Å². The Bertz CT molecular complexity index is 1800. The van der Waals surface area contributed by atoms with Gasteiger partial charge in [-0.3, -0.25) is 4.72 Å². The zero-order valence-corrected chi connectivity index (χ0v) is 25.4. The maximum atomic E-state index is 16.0. The third-order valence-corrected chi connectivity index (χ3v) is 9.41. The van der Waals surface area contributed by atoms with Gasteiger partial charge in [0.1, 0.15) is 18.1 Å². The van der Waals surface area contributed by atoms with Crippen LogP contribution in [0.5, 0.6) is 5.88 Å². The summed E-state index contributed by atoms with van der Waals surface area (Å²) in [5, 5.41) is 13.4. The number of nitrogens with one attached hydrogen (secondary N) is 1. The normalized spacial score (nSPS) is 12.1. The van der Waals surface area contributed by atoms with Crippen molar-refractivity contribution in [2.24, 2.45) is 0 Å². The van der Waals surface area contributed by atoms with Gasteiger partial charge in [-0.2, -0.15) is 5.10 Å². The highest BCUT2D eigenvalue weighted by atomic mass is 35.5. The van der Waals surface area contributed by atoms with E-state index in [0.717, 1.165) is 41.2 Å². The number of carboxylic acid groups (broad SMARTS) is 1. The van der Waals surface area contributed by atoms with Gasteiger partial charge in [-0.05, 0) is 30.3 Å². The van der Waals surface area contributed by atoms with Gasteiger partial charge in [0.05, 0.1) is 23.4 Å². The highest BCUT2D eigenvalue weighted by Gasteiger charge is 2.28. The van der Waals surface area contributed by atoms with Gasteiger partial charge >= 0.3 is 5.97 Å². The molecule has 0 aliphatic heterocycles. The van der Waals surface area contributed by atoms with Gasteiger partial charge in [0.25, 0.3) is 10.0 Å². The van der Waals surface area contributed by atoms with Crippen molar-refractivity contribution in [1.82, 2.24) is 14.8 Å². The number of nitrogens with zero attached hydrogens (tertiary/aromatic N) is 3. The number of sulfonamides is 1. The summed E-state index contributed by atoms with van der Waals surface area (Å²) in [6.45, 7) is 6.41. The first-order valence-corrected chi connectivity index (χ1v) is 17.9. The number of aromatic nitrogens is 3. The maximum absolute atomic E-state index is 16.0. The Balaban J connectivity index is 1.79. The molecule has 2 aromatic carbocycles. The van der Waals surface area contributed by atoms with E-state index in [0.29, 0.717) is 6.61 Å². The lowest BCUT2D eigenvalue weighted by molar-refractivity contribution is 0.0675. The molecule has 42 heavy (non-hydrogen) atoms. The highest BCUT2D eigenvalue weighted by molar-refractivity contribution is 7.92. The van der Waals surface area contributed by atoms with Crippen LogP contribution in [0.4, 0.5) is 18.9 Å². The van der Waals surface area contributed by atoms with E-state index in [1.807, 2.05) is 4.72 Å². The van der Waals surface area contributed by atoms with Crippen molar-refractivity contribution in [1.29, 1.82) is 0 Å². The molecule has 10 nitrogen and oxygen atoms in total. The smallest absolute Gasteiger partial charge is 0.357 e. The first kappa shape index (κ1) is 31.3. The Labute approximate surface area is 245 Å². The van der Waals surface area contributed by atoms with E-state index in [4.69, 9.17) is 21.1 Å². The van der Waals surface area contributed by atoms with Crippen molar-refractivity contribution >= 4 is 52.3 Å². The highest BCUT2D eigenvalue weighted by Crippen LogP contribution is 2.37. The number of methoxy groups -OCH3 is 1. The molecule has 0 saturated heterocycles. The van der Waals surface area contributed by atoms with Gasteiger partial charge in [-0.25, -0.2) is 36.0 Å². The monoisotopic (exact) mass is 642 g/mol. The van der Waals surface area contributed by atoms with Gasteiger partial charge in [0.2, 0.25) is 5.88 Å². The van der Waals surface area contributed by atoms with E-state index in [-0.39, 0.29) is 28.5 Å². The number of rotatable bonds is 11. The number of halogens is 4. The molecule has 0 aliphatic rings. The molecule has 16 heteroatoms. The van der Waals surface area contributed by atoms with E-state index in [9.17, 15) is 18.3 Å². The second kappa shape index (κ2) is 11.9. The van der Waals surface area contributed by atoms with E-state index in [2.05, 4.69) is 29.7 Å². The fourth-order valence-corrected chi connectivity index (χ4v) is 6.22. The van der Waals surface area contributed by atoms with Crippen molar-refractivity contribution in [3.8, 4) is 17.0 Å². The lowest BCUT2D eigenvalue weighted by Gasteiger charge is -2.16. The molecule has 0 atom stereocenters. The Kier molecular flexibility index (Phi) is 8.87. The molecule has 2 N–H and O–H groups in total. The lowest BCUT2D eigenvalue weighted by Crippen LogP contribution is -2.22. The van der Waals surface area contributed by atoms with Gasteiger partial charge in [0, 0.05) is 31.8 Å². The van der Waals surface area contributed by atoms with Crippen molar-refractivity contribution in [3.63, 3.8) is 0 Å². The fourth-order valence-electron chi connectivity index (χ4n) is 4.04. The van der Waals surface area contributed by atoms with Crippen LogP contribution in [0.2, 0.25) is 30.7 Å². The average molecular weight is 643 g/mol. The van der Waals surface area contributed by atoms with Crippen molar-refractivity contribution in [3.05, 3.63) is 64.7 Å². The molecule has 2 aromatic heterocycles. The molecule has 0 unspecified atom stereocenters. The van der Waals surface area contributed by atoms with E-state index < -0.39 is 68.9 Å². The molecule has 0 saturated carbocycles. The van der Waals surface area contributed by atoms with E-state index in [1.165, 1.54) is 13.2 Å². The lowest BCUT2D eigenvalue weighted by atomic mass is 10.0. The number of anilines is 1. The largest absolute Gasteiger partial charge is 0.480 e. The predicted octanol–water partition coefficient (Wildman–Crippen LogP) is 5.99. The summed E-state index contributed by atoms with van der Waals surface area (Å²) < 4.78 is 86.5. The number of hydrogen-bond donors (Lipinski definition) is 2. The minimum atomic E-state index is -4.57. The number of pyridine rings is 1. The molecule has 0 radical (unpaired) electrons. The van der Waals surface area contributed by atoms with Crippen molar-refractivity contribution in [2.75, 3.05) is 18.4 Å². The average Bonchev–Trinajstić information content (AvgIpc) is 3.28. The van der Waals surface area contributed by atoms with Crippen molar-refractivity contribution in [2.45, 2.75) is 37.3 Å². The number of aromatic carboxylic acids is 1. The zero-order chi connectivity index (χ0) is 31.0. The summed E-state index contributed by atoms with van der Waals surface area (Å²) in [7, 11) is -4.86. The third-order valence-electron chi connectivity index (χ3n) is 6.14. The number of carbonyl (C=O) groups is 1. The molecule has 224 valence electrons. The van der Waals surface area contributed by atoms with Crippen LogP contribution < -0.4 is 9.46 Å². The predicted molar refractivity (Wildman–Crippen MR) is 153 cm³/mol. The van der Waals surface area contributed by atoms with Crippen LogP contribution in [-0.2, 0) is 21.5 Å². The number of fused-ring (bicyclic) bond motifs is 1. The Morgan fingerprint density at radius 2 is 1.86 bits per heavy atom. The summed E-state index contributed by atoms with van der Waals surface area (Å²) in [5.74, 6) is -5.58. The molecule has 0 amide bonds. The van der Waals surface area contributed by atoms with Crippen molar-refractivity contribution < 1.29 is 41.0 Å². The summed E-state index contributed by atoms with van der Waals surface area (Å²) >= 11 is 5.87. The van der Waals surface area contributed by atoms with Crippen LogP contribution >= 0.6 is 11.6 Å². The van der Waals surface area contributed by atoms with Gasteiger partial charge in [0.15, 0.2) is 22.2 Å². The molecule has 4 rings (SSSR count). The number of hydrogen-bond acceptors (Lipinski definition) is 7. The Hall–Kier alpha value is -3.66. The number of benzene rings is 2. The maximum Gasteiger partial charge on any atom is 0.357 e. The zero-order valence-electron chi connectivity index (χ0n) is 22.8. The topological polar surface area (TPSA) is 133 Å². The third kappa shape index (κ3) is 6.38. The van der Waals surface area contributed by atoms with Crippen LogP contribution in [-0.4, -0.2) is 56.0 Å². The quantitative estimate of drug-likeness (QED) is 0.151. The SMILES string of the molecule is COc1ncc(Cl)cc1S(=O)(=O)Nc1ccc(F)c(-c2ccc3c(C(=O)O)nn(COCC[Si](C)(C)C)c3c2F)c1F. The van der Waals surface area contributed by atoms with Crippen LogP contribution in [0.25, 0.3) is 22.0 Å². The van der Waals surface area contributed by atoms with Gasteiger partial charge < -0.3 is 14.6 Å². The Morgan fingerprint density at radius 1 is 1.14 bits per heavy atom. The van der Waals surface area contributed by atoms with E-state index in [1.54, 1.807) is 0 Å². The van der Waals surface area contributed by atoms with Gasteiger partial charge in [-0.15, -0.1) is 0 Å². The minimum absolute atomic E-state index is 0.0476. The molecule has 0 fully saturated rings. The molecule has 0 bridgehead atoms. The summed E-state index contributed by atoms with van der Waals surface area (Å²) in [6.07, 6.45) is 1.15. The minimum Gasteiger partial charge on any atom is -0.480 e. The number of carboxylic acids is 1. The molecule has 4 aromatic rings. The number of ether oxygens (including phenoxy) is 2. The molecule has 2 heterocycles. The second-order valence-corrected chi connectivity index (χ2v) is 18.1. The first-order chi connectivity index (χ1) is 19.6. The standard InChI is InChI=1S/C26H26ClF3N4O6SSi/c1-39-25-19(11-14(27)12-31-25)41(37,38)33-18-8-7-17(28)20(22(18)30)15-5-6-16-23(26(35)36)32-34(24(16)21(15)29)13-40-9-10-42(2,3)4/h5-8,11-12,33H,9-10,13H2,1-4H3,(H,35,36). The van der Waals surface area contributed by atoms with Crippen LogP contribution in [0.1, 0.15) is 10.5 Å². The molecular weight excluding hydrogens is 617 g/mol. The summed E-state index contributed by atoms with van der Waals surface area (Å²) in [5.41, 5.74) is -3.02. The summed E-state index contributed by atoms with van der Waals surface area (Å²) in [4.78, 5) is 15.0.